The van der Waals surface area contributed by atoms with Gasteiger partial charge in [-0.05, 0) is 74.2 Å². The quantitative estimate of drug-likeness (QED) is 0.552. The molecule has 7 heteroatoms. The Balaban J connectivity index is 1.50. The summed E-state index contributed by atoms with van der Waals surface area (Å²) in [7, 11) is -3.87. The molecule has 1 aliphatic heterocycles. The summed E-state index contributed by atoms with van der Waals surface area (Å²) in [5, 5.41) is 2.78. The van der Waals surface area contributed by atoms with Crippen LogP contribution in [-0.2, 0) is 14.8 Å². The first-order valence-corrected chi connectivity index (χ1v) is 12.3. The highest BCUT2D eigenvalue weighted by atomic mass is 32.2. The first kappa shape index (κ1) is 22.9. The van der Waals surface area contributed by atoms with Crippen molar-refractivity contribution in [2.24, 2.45) is 0 Å². The van der Waals surface area contributed by atoms with Crippen molar-refractivity contribution in [3.8, 4) is 16.9 Å². The second-order valence-corrected chi connectivity index (χ2v) is 10.3. The van der Waals surface area contributed by atoms with Gasteiger partial charge in [0, 0.05) is 11.1 Å². The van der Waals surface area contributed by atoms with Crippen molar-refractivity contribution < 1.29 is 17.9 Å². The number of anilines is 1. The summed E-state index contributed by atoms with van der Waals surface area (Å²) in [6.07, 6.45) is 0. The van der Waals surface area contributed by atoms with Crippen LogP contribution in [0.4, 0.5) is 5.69 Å². The molecule has 1 aliphatic rings. The summed E-state index contributed by atoms with van der Waals surface area (Å²) in [5.74, 6) is 0.356. The number of rotatable bonds is 6. The Bertz CT molecular complexity index is 1330. The number of nitrogens with one attached hydrogen (secondary N) is 1. The van der Waals surface area contributed by atoms with E-state index in [1.807, 2.05) is 70.2 Å². The van der Waals surface area contributed by atoms with Gasteiger partial charge < -0.3 is 10.1 Å². The third-order valence-electron chi connectivity index (χ3n) is 5.91. The number of sulfonamides is 1. The predicted molar refractivity (Wildman–Crippen MR) is 130 cm³/mol. The van der Waals surface area contributed by atoms with Crippen LogP contribution in [-0.4, -0.2) is 34.0 Å². The van der Waals surface area contributed by atoms with Crippen molar-refractivity contribution >= 4 is 21.6 Å². The molecule has 4 rings (SSSR count). The van der Waals surface area contributed by atoms with E-state index < -0.39 is 10.0 Å². The zero-order valence-corrected chi connectivity index (χ0v) is 20.1. The average Bonchev–Trinajstić information content (AvgIpc) is 2.76. The van der Waals surface area contributed by atoms with E-state index in [0.29, 0.717) is 17.9 Å². The number of benzene rings is 3. The maximum atomic E-state index is 13.4. The van der Waals surface area contributed by atoms with E-state index in [2.05, 4.69) is 5.32 Å². The van der Waals surface area contributed by atoms with Gasteiger partial charge in [-0.25, -0.2) is 8.42 Å². The van der Waals surface area contributed by atoms with Crippen LogP contribution in [0, 0.1) is 27.7 Å². The minimum absolute atomic E-state index is 0.218. The Kier molecular flexibility index (Phi) is 6.17. The Morgan fingerprint density at radius 1 is 0.939 bits per heavy atom. The van der Waals surface area contributed by atoms with E-state index in [9.17, 15) is 13.2 Å². The highest BCUT2D eigenvalue weighted by molar-refractivity contribution is 7.93. The van der Waals surface area contributed by atoms with Crippen LogP contribution >= 0.6 is 0 Å². The fraction of sp³-hybridized carbons (Fsp3) is 0.269. The molecule has 6 nitrogen and oxygen atoms in total. The molecule has 0 spiro atoms. The SMILES string of the molecule is Cc1cc(C)c2c(c1)N(CC(=O)NCCOc1ccc(C)c(C)c1)S(=O)(=O)c1ccccc1-2. The van der Waals surface area contributed by atoms with Gasteiger partial charge in [-0.2, -0.15) is 0 Å². The summed E-state index contributed by atoms with van der Waals surface area (Å²) in [6, 6.07) is 16.6. The molecular weight excluding hydrogens is 436 g/mol. The molecular formula is C26H28N2O4S. The van der Waals surface area contributed by atoms with Gasteiger partial charge in [0.2, 0.25) is 5.91 Å². The number of carbonyl (C=O) groups excluding carboxylic acids is 1. The second kappa shape index (κ2) is 8.90. The molecule has 0 saturated carbocycles. The van der Waals surface area contributed by atoms with Crippen molar-refractivity contribution in [2.45, 2.75) is 32.6 Å². The van der Waals surface area contributed by atoms with Gasteiger partial charge in [0.05, 0.1) is 17.1 Å². The minimum Gasteiger partial charge on any atom is -0.492 e. The van der Waals surface area contributed by atoms with Gasteiger partial charge in [-0.1, -0.05) is 30.3 Å². The summed E-state index contributed by atoms with van der Waals surface area (Å²) in [6.45, 7) is 8.20. The fourth-order valence-electron chi connectivity index (χ4n) is 4.16. The van der Waals surface area contributed by atoms with E-state index in [1.165, 1.54) is 9.87 Å². The van der Waals surface area contributed by atoms with Gasteiger partial charge in [0.15, 0.2) is 0 Å². The molecule has 3 aromatic carbocycles. The Morgan fingerprint density at radius 2 is 1.70 bits per heavy atom. The lowest BCUT2D eigenvalue weighted by Crippen LogP contribution is -2.43. The van der Waals surface area contributed by atoms with Crippen LogP contribution in [0.2, 0.25) is 0 Å². The molecule has 0 unspecified atom stereocenters. The van der Waals surface area contributed by atoms with Crippen LogP contribution in [0.5, 0.6) is 5.75 Å². The number of hydrogen-bond donors (Lipinski definition) is 1. The highest BCUT2D eigenvalue weighted by Gasteiger charge is 2.36. The van der Waals surface area contributed by atoms with E-state index in [1.54, 1.807) is 12.1 Å². The normalized spacial score (nSPS) is 13.8. The molecule has 0 saturated heterocycles. The second-order valence-electron chi connectivity index (χ2n) is 8.43. The van der Waals surface area contributed by atoms with Crippen LogP contribution in [0.1, 0.15) is 22.3 Å². The summed E-state index contributed by atoms with van der Waals surface area (Å²) in [4.78, 5) is 12.9. The van der Waals surface area contributed by atoms with Crippen LogP contribution in [0.15, 0.2) is 59.5 Å². The van der Waals surface area contributed by atoms with Crippen molar-refractivity contribution in [1.82, 2.24) is 5.32 Å². The van der Waals surface area contributed by atoms with Gasteiger partial charge >= 0.3 is 0 Å². The van der Waals surface area contributed by atoms with Crippen molar-refractivity contribution in [3.63, 3.8) is 0 Å². The maximum absolute atomic E-state index is 13.4. The van der Waals surface area contributed by atoms with E-state index in [-0.39, 0.29) is 23.9 Å². The van der Waals surface area contributed by atoms with E-state index in [0.717, 1.165) is 28.0 Å². The molecule has 0 aromatic heterocycles. The molecule has 0 bridgehead atoms. The summed E-state index contributed by atoms with van der Waals surface area (Å²) >= 11 is 0. The molecule has 33 heavy (non-hydrogen) atoms. The molecule has 3 aromatic rings. The molecule has 1 heterocycles. The number of carbonyl (C=O) groups is 1. The Hall–Kier alpha value is -3.32. The van der Waals surface area contributed by atoms with Gasteiger partial charge in [-0.15, -0.1) is 0 Å². The molecule has 0 fully saturated rings. The number of aryl methyl sites for hydroxylation is 4. The average molecular weight is 465 g/mol. The van der Waals surface area contributed by atoms with Crippen LogP contribution < -0.4 is 14.4 Å². The van der Waals surface area contributed by atoms with Crippen molar-refractivity contribution in [2.75, 3.05) is 24.0 Å². The lowest BCUT2D eigenvalue weighted by atomic mass is 9.96. The standard InChI is InChI=1S/C26H28N2O4S/c1-17-13-20(4)26-22-7-5-6-8-24(22)33(30,31)28(23(26)14-17)16-25(29)27-11-12-32-21-10-9-18(2)19(3)15-21/h5-10,13-15H,11-12,16H2,1-4H3,(H,27,29). The topological polar surface area (TPSA) is 75.7 Å². The molecule has 1 amide bonds. The first-order chi connectivity index (χ1) is 15.7. The van der Waals surface area contributed by atoms with E-state index >= 15 is 0 Å². The number of ether oxygens (including phenoxy) is 1. The lowest BCUT2D eigenvalue weighted by molar-refractivity contribution is -0.119. The third-order valence-corrected chi connectivity index (χ3v) is 7.73. The maximum Gasteiger partial charge on any atom is 0.265 e. The molecule has 0 radical (unpaired) electrons. The zero-order valence-electron chi connectivity index (χ0n) is 19.3. The molecule has 0 aliphatic carbocycles. The number of nitrogens with zero attached hydrogens (tertiary/aromatic N) is 1. The van der Waals surface area contributed by atoms with Gasteiger partial charge in [0.25, 0.3) is 10.0 Å². The van der Waals surface area contributed by atoms with Crippen LogP contribution in [0.25, 0.3) is 11.1 Å². The van der Waals surface area contributed by atoms with E-state index in [4.69, 9.17) is 4.74 Å². The summed E-state index contributed by atoms with van der Waals surface area (Å²) < 4.78 is 33.8. The molecule has 1 N–H and O–H groups in total. The Morgan fingerprint density at radius 3 is 2.45 bits per heavy atom. The van der Waals surface area contributed by atoms with Crippen molar-refractivity contribution in [3.05, 3.63) is 76.9 Å². The van der Waals surface area contributed by atoms with Crippen LogP contribution in [0.3, 0.4) is 0 Å². The van der Waals surface area contributed by atoms with Gasteiger partial charge in [-0.3, -0.25) is 9.10 Å². The Labute approximate surface area is 195 Å². The number of fused-ring (bicyclic) bond motifs is 3. The van der Waals surface area contributed by atoms with Gasteiger partial charge in [0.1, 0.15) is 18.9 Å². The zero-order chi connectivity index (χ0) is 23.8. The fourth-order valence-corrected chi connectivity index (χ4v) is 5.78. The van der Waals surface area contributed by atoms with Crippen molar-refractivity contribution in [1.29, 1.82) is 0 Å². The highest BCUT2D eigenvalue weighted by Crippen LogP contribution is 2.45. The molecule has 172 valence electrons. The summed E-state index contributed by atoms with van der Waals surface area (Å²) in [5.41, 5.74) is 6.28. The predicted octanol–water partition coefficient (Wildman–Crippen LogP) is 4.29. The first-order valence-electron chi connectivity index (χ1n) is 10.9. The number of hydrogen-bond acceptors (Lipinski definition) is 4. The minimum atomic E-state index is -3.87. The lowest BCUT2D eigenvalue weighted by Gasteiger charge is -2.33. The third kappa shape index (κ3) is 4.46. The molecule has 0 atom stereocenters. The smallest absolute Gasteiger partial charge is 0.265 e. The number of amides is 1. The largest absolute Gasteiger partial charge is 0.492 e. The monoisotopic (exact) mass is 464 g/mol.